The van der Waals surface area contributed by atoms with Gasteiger partial charge < -0.3 is 9.47 Å². The fourth-order valence-corrected chi connectivity index (χ4v) is 1.83. The van der Waals surface area contributed by atoms with Crippen molar-refractivity contribution in [2.45, 2.75) is 13.2 Å². The zero-order valence-corrected chi connectivity index (χ0v) is 11.1. The molecule has 2 rings (SSSR count). The Kier molecular flexibility index (Phi) is 4.70. The Labute approximate surface area is 117 Å². The largest absolute Gasteiger partial charge is 0.495 e. The molecule has 0 saturated heterocycles. The summed E-state index contributed by atoms with van der Waals surface area (Å²) in [5.74, 6) is 0.255. The topological polar surface area (TPSA) is 42.2 Å². The van der Waals surface area contributed by atoms with E-state index < -0.39 is 0 Å². The van der Waals surface area contributed by atoms with E-state index in [0.717, 1.165) is 5.56 Å². The lowest BCUT2D eigenvalue weighted by molar-refractivity contribution is 0.105. The highest BCUT2D eigenvalue weighted by Gasteiger charge is 2.05. The summed E-state index contributed by atoms with van der Waals surface area (Å²) in [6.45, 7) is 0.508. The number of methoxy groups -OCH3 is 1. The minimum Gasteiger partial charge on any atom is -0.495 e. The summed E-state index contributed by atoms with van der Waals surface area (Å²) in [6.07, 6.45) is 0. The summed E-state index contributed by atoms with van der Waals surface area (Å²) in [5.41, 5.74) is 1.82. The molecule has 3 nitrogen and oxygen atoms in total. The molecule has 0 aliphatic rings. The molecule has 2 aromatic carbocycles. The lowest BCUT2D eigenvalue weighted by Gasteiger charge is -2.07. The minimum atomic E-state index is -0.278. The number of rotatable bonds is 5. The van der Waals surface area contributed by atoms with Gasteiger partial charge in [-0.25, -0.2) is 4.39 Å². The first-order valence-electron chi connectivity index (χ1n) is 6.12. The van der Waals surface area contributed by atoms with Crippen LogP contribution in [0.15, 0.2) is 42.5 Å². The molecular formula is C16H14FNO2. The van der Waals surface area contributed by atoms with Crippen LogP contribution in [0.2, 0.25) is 0 Å². The van der Waals surface area contributed by atoms with Crippen molar-refractivity contribution in [3.05, 3.63) is 65.0 Å². The molecule has 0 unspecified atom stereocenters. The Hall–Kier alpha value is -2.38. The highest BCUT2D eigenvalue weighted by molar-refractivity contribution is 5.45. The molecule has 2 aromatic rings. The first-order chi connectivity index (χ1) is 9.74. The van der Waals surface area contributed by atoms with Crippen molar-refractivity contribution in [2.75, 3.05) is 7.11 Å². The zero-order chi connectivity index (χ0) is 14.4. The number of ether oxygens (including phenoxy) is 2. The van der Waals surface area contributed by atoms with Crippen LogP contribution in [0.5, 0.6) is 5.75 Å². The van der Waals surface area contributed by atoms with Crippen molar-refractivity contribution < 1.29 is 13.9 Å². The van der Waals surface area contributed by atoms with Gasteiger partial charge in [0.05, 0.1) is 25.9 Å². The summed E-state index contributed by atoms with van der Waals surface area (Å²) in [5, 5.41) is 8.99. The van der Waals surface area contributed by atoms with E-state index in [2.05, 4.69) is 6.07 Å². The van der Waals surface area contributed by atoms with Crippen LogP contribution in [0, 0.1) is 17.1 Å². The van der Waals surface area contributed by atoms with Crippen LogP contribution in [-0.4, -0.2) is 7.11 Å². The van der Waals surface area contributed by atoms with E-state index in [0.29, 0.717) is 23.5 Å². The summed E-state index contributed by atoms with van der Waals surface area (Å²) >= 11 is 0. The van der Waals surface area contributed by atoms with Crippen LogP contribution in [0.1, 0.15) is 16.7 Å². The van der Waals surface area contributed by atoms with Gasteiger partial charge in [-0.05, 0) is 23.8 Å². The predicted molar refractivity (Wildman–Crippen MR) is 72.6 cm³/mol. The molecule has 0 N–H and O–H groups in total. The third kappa shape index (κ3) is 3.34. The molecule has 102 valence electrons. The van der Waals surface area contributed by atoms with Gasteiger partial charge in [0, 0.05) is 5.56 Å². The molecule has 0 atom stereocenters. The van der Waals surface area contributed by atoms with Gasteiger partial charge in [-0.15, -0.1) is 0 Å². The molecule has 0 radical (unpaired) electrons. The monoisotopic (exact) mass is 271 g/mol. The maximum atomic E-state index is 13.4. The van der Waals surface area contributed by atoms with E-state index in [1.165, 1.54) is 13.2 Å². The predicted octanol–water partition coefficient (Wildman–Crippen LogP) is 3.42. The lowest BCUT2D eigenvalue weighted by Crippen LogP contribution is -1.97. The number of nitriles is 1. The molecule has 0 heterocycles. The average Bonchev–Trinajstić information content (AvgIpc) is 2.49. The van der Waals surface area contributed by atoms with Crippen LogP contribution in [0.25, 0.3) is 0 Å². The van der Waals surface area contributed by atoms with Crippen molar-refractivity contribution in [3.8, 4) is 11.8 Å². The smallest absolute Gasteiger partial charge is 0.136 e. The minimum absolute atomic E-state index is 0.195. The fraction of sp³-hybridized carbons (Fsp3) is 0.188. The lowest BCUT2D eigenvalue weighted by atomic mass is 10.1. The number of benzene rings is 2. The molecule has 0 aromatic heterocycles. The second kappa shape index (κ2) is 6.69. The molecule has 0 amide bonds. The second-order valence-corrected chi connectivity index (χ2v) is 4.23. The molecule has 20 heavy (non-hydrogen) atoms. The van der Waals surface area contributed by atoms with Crippen molar-refractivity contribution in [1.29, 1.82) is 5.26 Å². The normalized spacial score (nSPS) is 10.1. The van der Waals surface area contributed by atoms with E-state index in [-0.39, 0.29) is 12.4 Å². The Morgan fingerprint density at radius 3 is 2.65 bits per heavy atom. The van der Waals surface area contributed by atoms with Crippen LogP contribution >= 0.6 is 0 Å². The third-order valence-corrected chi connectivity index (χ3v) is 2.87. The zero-order valence-electron chi connectivity index (χ0n) is 11.1. The molecule has 0 aliphatic carbocycles. The number of hydrogen-bond donors (Lipinski definition) is 0. The first kappa shape index (κ1) is 14.0. The van der Waals surface area contributed by atoms with Gasteiger partial charge in [0.2, 0.25) is 0 Å². The maximum Gasteiger partial charge on any atom is 0.136 e. The second-order valence-electron chi connectivity index (χ2n) is 4.23. The Morgan fingerprint density at radius 1 is 1.15 bits per heavy atom. The maximum absolute atomic E-state index is 13.4. The van der Waals surface area contributed by atoms with Crippen molar-refractivity contribution in [1.82, 2.24) is 0 Å². The van der Waals surface area contributed by atoms with E-state index in [1.54, 1.807) is 30.3 Å². The Balaban J connectivity index is 1.98. The van der Waals surface area contributed by atoms with Crippen LogP contribution in [0.3, 0.4) is 0 Å². The number of halogens is 1. The van der Waals surface area contributed by atoms with Crippen LogP contribution in [-0.2, 0) is 18.0 Å². The van der Waals surface area contributed by atoms with Gasteiger partial charge in [-0.1, -0.05) is 24.3 Å². The SMILES string of the molecule is COc1ccc(COCc2ccccc2F)cc1C#N. The molecule has 4 heteroatoms. The standard InChI is InChI=1S/C16H14FNO2/c1-19-16-7-6-12(8-14(16)9-18)10-20-11-13-4-2-3-5-15(13)17/h2-8H,10-11H2,1H3. The summed E-state index contributed by atoms with van der Waals surface area (Å²) in [7, 11) is 1.52. The molecule has 0 bridgehead atoms. The van der Waals surface area contributed by atoms with E-state index in [9.17, 15) is 4.39 Å². The van der Waals surface area contributed by atoms with E-state index in [4.69, 9.17) is 14.7 Å². The number of nitrogens with zero attached hydrogens (tertiary/aromatic N) is 1. The molecule has 0 saturated carbocycles. The first-order valence-corrected chi connectivity index (χ1v) is 6.12. The van der Waals surface area contributed by atoms with Gasteiger partial charge >= 0.3 is 0 Å². The van der Waals surface area contributed by atoms with Gasteiger partial charge in [0.15, 0.2) is 0 Å². The fourth-order valence-electron chi connectivity index (χ4n) is 1.83. The highest BCUT2D eigenvalue weighted by atomic mass is 19.1. The molecule has 0 spiro atoms. The van der Waals surface area contributed by atoms with E-state index in [1.807, 2.05) is 6.07 Å². The third-order valence-electron chi connectivity index (χ3n) is 2.87. The quantitative estimate of drug-likeness (QED) is 0.836. The van der Waals surface area contributed by atoms with Gasteiger partial charge in [0.25, 0.3) is 0 Å². The highest BCUT2D eigenvalue weighted by Crippen LogP contribution is 2.19. The Morgan fingerprint density at radius 2 is 1.95 bits per heavy atom. The average molecular weight is 271 g/mol. The van der Waals surface area contributed by atoms with Crippen molar-refractivity contribution in [3.63, 3.8) is 0 Å². The van der Waals surface area contributed by atoms with Gasteiger partial charge in [0.1, 0.15) is 17.6 Å². The summed E-state index contributed by atoms with van der Waals surface area (Å²) in [6, 6.07) is 13.8. The summed E-state index contributed by atoms with van der Waals surface area (Å²) in [4.78, 5) is 0. The Bertz CT molecular complexity index is 635. The van der Waals surface area contributed by atoms with Crippen LogP contribution < -0.4 is 4.74 Å². The molecule has 0 aliphatic heterocycles. The van der Waals surface area contributed by atoms with Gasteiger partial charge in [-0.2, -0.15) is 5.26 Å². The summed E-state index contributed by atoms with van der Waals surface area (Å²) < 4.78 is 23.9. The van der Waals surface area contributed by atoms with E-state index >= 15 is 0 Å². The van der Waals surface area contributed by atoms with Gasteiger partial charge in [-0.3, -0.25) is 0 Å². The van der Waals surface area contributed by atoms with Crippen LogP contribution in [0.4, 0.5) is 4.39 Å². The van der Waals surface area contributed by atoms with Crippen molar-refractivity contribution in [2.24, 2.45) is 0 Å². The molecular weight excluding hydrogens is 257 g/mol. The van der Waals surface area contributed by atoms with Crippen molar-refractivity contribution >= 4 is 0 Å². The number of hydrogen-bond acceptors (Lipinski definition) is 3. The molecule has 0 fully saturated rings.